The van der Waals surface area contributed by atoms with E-state index in [0.29, 0.717) is 10.7 Å². The molecular formula is C19H17ClN2O3. The highest BCUT2D eigenvalue weighted by Gasteiger charge is 2.28. The molecule has 0 bridgehead atoms. The van der Waals surface area contributed by atoms with Crippen LogP contribution in [0.25, 0.3) is 5.70 Å². The Morgan fingerprint density at radius 3 is 2.72 bits per heavy atom. The largest absolute Gasteiger partial charge is 0.379 e. The summed E-state index contributed by atoms with van der Waals surface area (Å²) >= 11 is 6.10. The molecule has 0 fully saturated rings. The number of allylic oxidation sites excluding steroid dienone is 1. The fraction of sp³-hybridized carbons (Fsp3) is 0.211. The Labute approximate surface area is 150 Å². The van der Waals surface area contributed by atoms with Crippen LogP contribution >= 0.6 is 11.6 Å². The molecule has 1 aliphatic heterocycles. The molecule has 2 aromatic rings. The van der Waals surface area contributed by atoms with Gasteiger partial charge in [-0.05, 0) is 44.0 Å². The summed E-state index contributed by atoms with van der Waals surface area (Å²) in [7, 11) is 0. The molecular weight excluding hydrogens is 340 g/mol. The average molecular weight is 357 g/mol. The van der Waals surface area contributed by atoms with E-state index in [-0.39, 0.29) is 16.8 Å². The molecule has 0 atom stereocenters. The second-order valence-electron chi connectivity index (χ2n) is 6.68. The van der Waals surface area contributed by atoms with Gasteiger partial charge in [0.2, 0.25) is 0 Å². The van der Waals surface area contributed by atoms with Crippen molar-refractivity contribution in [1.29, 1.82) is 0 Å². The van der Waals surface area contributed by atoms with Gasteiger partial charge in [0.15, 0.2) is 5.78 Å². The van der Waals surface area contributed by atoms with E-state index in [2.05, 4.69) is 5.32 Å². The Balaban J connectivity index is 2.08. The number of carbonyl (C=O) groups is 1. The summed E-state index contributed by atoms with van der Waals surface area (Å²) in [6, 6.07) is 11.5. The lowest BCUT2D eigenvalue weighted by Crippen LogP contribution is -2.43. The van der Waals surface area contributed by atoms with Gasteiger partial charge in [-0.25, -0.2) is 0 Å². The van der Waals surface area contributed by atoms with Crippen molar-refractivity contribution < 1.29 is 9.72 Å². The lowest BCUT2D eigenvalue weighted by molar-refractivity contribution is -0.385. The summed E-state index contributed by atoms with van der Waals surface area (Å²) in [5.41, 5.74) is 2.17. The number of benzene rings is 2. The van der Waals surface area contributed by atoms with Gasteiger partial charge in [0.1, 0.15) is 0 Å². The van der Waals surface area contributed by atoms with Crippen molar-refractivity contribution in [3.8, 4) is 0 Å². The van der Waals surface area contributed by atoms with Crippen LogP contribution in [0, 0.1) is 10.1 Å². The predicted molar refractivity (Wildman–Crippen MR) is 97.8 cm³/mol. The molecule has 0 saturated heterocycles. The average Bonchev–Trinajstić information content (AvgIpc) is 2.54. The Bertz CT molecular complexity index is 903. The fourth-order valence-electron chi connectivity index (χ4n) is 3.07. The van der Waals surface area contributed by atoms with E-state index in [1.165, 1.54) is 18.2 Å². The molecule has 5 nitrogen and oxygen atoms in total. The third-order valence-corrected chi connectivity index (χ3v) is 4.34. The molecule has 25 heavy (non-hydrogen) atoms. The van der Waals surface area contributed by atoms with E-state index < -0.39 is 10.7 Å². The van der Waals surface area contributed by atoms with Crippen LogP contribution in [0.15, 0.2) is 48.5 Å². The maximum atomic E-state index is 12.7. The Kier molecular flexibility index (Phi) is 4.35. The molecule has 3 rings (SSSR count). The molecule has 0 saturated carbocycles. The van der Waals surface area contributed by atoms with E-state index in [1.807, 2.05) is 26.0 Å². The highest BCUT2D eigenvalue weighted by Crippen LogP contribution is 2.32. The van der Waals surface area contributed by atoms with Gasteiger partial charge < -0.3 is 5.32 Å². The number of rotatable bonds is 3. The minimum atomic E-state index is -0.547. The second kappa shape index (κ2) is 6.33. The third kappa shape index (κ3) is 3.56. The van der Waals surface area contributed by atoms with Crippen LogP contribution in [0.1, 0.15) is 35.3 Å². The van der Waals surface area contributed by atoms with E-state index in [9.17, 15) is 14.9 Å². The fourth-order valence-corrected chi connectivity index (χ4v) is 3.24. The number of para-hydroxylation sites is 1. The Morgan fingerprint density at radius 2 is 2.00 bits per heavy atom. The second-order valence-corrected chi connectivity index (χ2v) is 7.12. The number of halogens is 1. The van der Waals surface area contributed by atoms with Crippen LogP contribution in [0.4, 0.5) is 5.69 Å². The monoisotopic (exact) mass is 356 g/mol. The molecule has 1 heterocycles. The Morgan fingerprint density at radius 1 is 1.28 bits per heavy atom. The molecule has 6 heteroatoms. The summed E-state index contributed by atoms with van der Waals surface area (Å²) < 4.78 is 0. The number of hydrogen-bond acceptors (Lipinski definition) is 4. The first-order valence-corrected chi connectivity index (χ1v) is 8.21. The molecule has 0 aliphatic carbocycles. The first-order chi connectivity index (χ1) is 11.8. The predicted octanol–water partition coefficient (Wildman–Crippen LogP) is 4.40. The van der Waals surface area contributed by atoms with Crippen molar-refractivity contribution in [2.75, 3.05) is 0 Å². The van der Waals surface area contributed by atoms with Crippen LogP contribution in [-0.2, 0) is 6.42 Å². The van der Waals surface area contributed by atoms with Gasteiger partial charge in [-0.1, -0.05) is 29.8 Å². The molecule has 2 aromatic carbocycles. The topological polar surface area (TPSA) is 72.2 Å². The molecule has 0 amide bonds. The highest BCUT2D eigenvalue weighted by atomic mass is 35.5. The van der Waals surface area contributed by atoms with Gasteiger partial charge in [-0.3, -0.25) is 14.9 Å². The zero-order valence-electron chi connectivity index (χ0n) is 13.9. The lowest BCUT2D eigenvalue weighted by Gasteiger charge is -2.35. The van der Waals surface area contributed by atoms with Gasteiger partial charge >= 0.3 is 0 Å². The number of fused-ring (bicyclic) bond motifs is 1. The first kappa shape index (κ1) is 17.2. The summed E-state index contributed by atoms with van der Waals surface area (Å²) in [6.07, 6.45) is 2.20. The zero-order chi connectivity index (χ0) is 18.2. The molecule has 0 unspecified atom stereocenters. The van der Waals surface area contributed by atoms with Crippen molar-refractivity contribution >= 4 is 28.8 Å². The summed E-state index contributed by atoms with van der Waals surface area (Å²) in [4.78, 5) is 23.3. The summed E-state index contributed by atoms with van der Waals surface area (Å²) in [5.74, 6) is -0.418. The van der Waals surface area contributed by atoms with Crippen molar-refractivity contribution in [3.05, 3.63) is 80.4 Å². The number of nitro benzene ring substituents is 1. The van der Waals surface area contributed by atoms with Crippen molar-refractivity contribution in [1.82, 2.24) is 5.32 Å². The summed E-state index contributed by atoms with van der Waals surface area (Å²) in [5, 5.41) is 15.1. The summed E-state index contributed by atoms with van der Waals surface area (Å²) in [6.45, 7) is 4.07. The SMILES string of the molecule is CC1(C)Cc2ccc(Cl)cc2/C(=C/C(=O)c2ccccc2[N+](=O)[O-])N1. The number of nitrogens with one attached hydrogen (secondary N) is 1. The van der Waals surface area contributed by atoms with Crippen LogP contribution in [0.5, 0.6) is 0 Å². The smallest absolute Gasteiger partial charge is 0.280 e. The van der Waals surface area contributed by atoms with E-state index in [1.54, 1.807) is 18.2 Å². The van der Waals surface area contributed by atoms with E-state index in [0.717, 1.165) is 17.5 Å². The number of hydrogen-bond donors (Lipinski definition) is 1. The van der Waals surface area contributed by atoms with Crippen LogP contribution in [0.3, 0.4) is 0 Å². The number of ketones is 1. The molecule has 0 spiro atoms. The van der Waals surface area contributed by atoms with Crippen LogP contribution in [-0.4, -0.2) is 16.2 Å². The van der Waals surface area contributed by atoms with Gasteiger partial charge in [0.05, 0.1) is 10.5 Å². The van der Waals surface area contributed by atoms with E-state index >= 15 is 0 Å². The molecule has 0 radical (unpaired) electrons. The third-order valence-electron chi connectivity index (χ3n) is 4.11. The minimum Gasteiger partial charge on any atom is -0.379 e. The zero-order valence-corrected chi connectivity index (χ0v) is 14.6. The maximum absolute atomic E-state index is 12.7. The van der Waals surface area contributed by atoms with Crippen LogP contribution in [0.2, 0.25) is 5.02 Å². The van der Waals surface area contributed by atoms with Gasteiger partial charge in [-0.15, -0.1) is 0 Å². The Hall–Kier alpha value is -2.66. The molecule has 0 aromatic heterocycles. The lowest BCUT2D eigenvalue weighted by atomic mass is 9.85. The van der Waals surface area contributed by atoms with Crippen molar-refractivity contribution in [2.45, 2.75) is 25.8 Å². The van der Waals surface area contributed by atoms with Gasteiger partial charge in [-0.2, -0.15) is 0 Å². The van der Waals surface area contributed by atoms with Crippen molar-refractivity contribution in [2.24, 2.45) is 0 Å². The standard InChI is InChI=1S/C19H17ClN2O3/c1-19(2)11-12-7-8-13(20)9-15(12)16(21-19)10-18(23)14-5-3-4-6-17(14)22(24)25/h3-10,21H,11H2,1-2H3/b16-10-. The number of carbonyl (C=O) groups excluding carboxylic acids is 1. The molecule has 128 valence electrons. The van der Waals surface area contributed by atoms with Gasteiger partial charge in [0.25, 0.3) is 5.69 Å². The van der Waals surface area contributed by atoms with Gasteiger partial charge in [0, 0.05) is 34.0 Å². The normalized spacial score (nSPS) is 16.8. The molecule has 1 aliphatic rings. The van der Waals surface area contributed by atoms with Crippen molar-refractivity contribution in [3.63, 3.8) is 0 Å². The minimum absolute atomic E-state index is 0.0637. The van der Waals surface area contributed by atoms with E-state index in [4.69, 9.17) is 11.6 Å². The van der Waals surface area contributed by atoms with Crippen LogP contribution < -0.4 is 5.32 Å². The quantitative estimate of drug-likeness (QED) is 0.383. The first-order valence-electron chi connectivity index (χ1n) is 7.83. The molecule has 1 N–H and O–H groups in total. The maximum Gasteiger partial charge on any atom is 0.280 e. The number of nitrogens with zero attached hydrogens (tertiary/aromatic N) is 1. The number of nitro groups is 1. The highest BCUT2D eigenvalue weighted by molar-refractivity contribution is 6.30.